The number of sulfonamides is 1. The van der Waals surface area contributed by atoms with Crippen molar-refractivity contribution in [2.75, 3.05) is 4.72 Å². The summed E-state index contributed by atoms with van der Waals surface area (Å²) in [6.45, 7) is 8.53. The van der Waals surface area contributed by atoms with Crippen LogP contribution in [-0.2, 0) is 23.0 Å². The molecule has 196 valence electrons. The third-order valence-corrected chi connectivity index (χ3v) is 8.29. The van der Waals surface area contributed by atoms with E-state index in [0.29, 0.717) is 23.4 Å². The number of benzene rings is 3. The number of anilines is 1. The van der Waals surface area contributed by atoms with Crippen molar-refractivity contribution in [1.29, 1.82) is 0 Å². The lowest BCUT2D eigenvalue weighted by atomic mass is 10.0. The van der Waals surface area contributed by atoms with Gasteiger partial charge in [0.2, 0.25) is 5.88 Å². The van der Waals surface area contributed by atoms with Gasteiger partial charge in [0.05, 0.1) is 21.6 Å². The van der Waals surface area contributed by atoms with Crippen molar-refractivity contribution in [3.63, 3.8) is 0 Å². The fourth-order valence-corrected chi connectivity index (χ4v) is 5.86. The second-order valence-corrected chi connectivity index (χ2v) is 11.4. The molecule has 0 radical (unpaired) electrons. The molecule has 0 amide bonds. The standard InChI is InChI=1S/C30H32N4O3S/c1-5-6-11-29-31-26-17-12-20(2)18-27(26)34(29)19-23-13-15-24(16-14-23)25-9-7-8-10-28(25)38(35,36)33-30-21(3)22(4)32-37-30/h7-10,12-18,33H,5-6,11,19H2,1-4H3. The van der Waals surface area contributed by atoms with Gasteiger partial charge in [0.25, 0.3) is 10.0 Å². The molecule has 0 aliphatic carbocycles. The smallest absolute Gasteiger partial charge is 0.264 e. The zero-order valence-electron chi connectivity index (χ0n) is 22.2. The first-order chi connectivity index (χ1) is 18.3. The summed E-state index contributed by atoms with van der Waals surface area (Å²) in [4.78, 5) is 5.09. The van der Waals surface area contributed by atoms with Gasteiger partial charge in [-0.1, -0.05) is 67.0 Å². The zero-order valence-corrected chi connectivity index (χ0v) is 23.0. The van der Waals surface area contributed by atoms with E-state index in [-0.39, 0.29) is 10.8 Å². The maximum absolute atomic E-state index is 13.3. The van der Waals surface area contributed by atoms with Crippen LogP contribution in [0.5, 0.6) is 0 Å². The lowest BCUT2D eigenvalue weighted by molar-refractivity contribution is 0.430. The molecular formula is C30H32N4O3S. The molecule has 0 saturated heterocycles. The van der Waals surface area contributed by atoms with Crippen LogP contribution in [0.1, 0.15) is 48.0 Å². The minimum absolute atomic E-state index is 0.134. The molecule has 1 N–H and O–H groups in total. The number of fused-ring (bicyclic) bond motifs is 1. The monoisotopic (exact) mass is 528 g/mol. The van der Waals surface area contributed by atoms with Gasteiger partial charge in [0.1, 0.15) is 5.82 Å². The number of hydrogen-bond acceptors (Lipinski definition) is 5. The van der Waals surface area contributed by atoms with Gasteiger partial charge in [-0.2, -0.15) is 0 Å². The van der Waals surface area contributed by atoms with Crippen molar-refractivity contribution in [1.82, 2.24) is 14.7 Å². The molecule has 5 rings (SSSR count). The molecule has 0 aliphatic heterocycles. The molecule has 3 aromatic carbocycles. The maximum Gasteiger partial charge on any atom is 0.264 e. The number of unbranched alkanes of at least 4 members (excludes halogenated alkanes) is 1. The van der Waals surface area contributed by atoms with Crippen molar-refractivity contribution in [3.8, 4) is 11.1 Å². The van der Waals surface area contributed by atoms with Gasteiger partial charge >= 0.3 is 0 Å². The van der Waals surface area contributed by atoms with Crippen molar-refractivity contribution < 1.29 is 12.9 Å². The van der Waals surface area contributed by atoms with E-state index in [1.54, 1.807) is 26.0 Å². The number of imidazole rings is 1. The Labute approximate surface area is 223 Å². The van der Waals surface area contributed by atoms with Gasteiger partial charge in [0.15, 0.2) is 0 Å². The third kappa shape index (κ3) is 5.09. The summed E-state index contributed by atoms with van der Waals surface area (Å²) in [5.74, 6) is 1.23. The van der Waals surface area contributed by atoms with Crippen LogP contribution in [0.15, 0.2) is 76.1 Å². The molecule has 0 saturated carbocycles. The van der Waals surface area contributed by atoms with Crippen LogP contribution >= 0.6 is 0 Å². The lowest BCUT2D eigenvalue weighted by Gasteiger charge is -2.13. The van der Waals surface area contributed by atoms with Crippen LogP contribution in [0, 0.1) is 20.8 Å². The van der Waals surface area contributed by atoms with Crippen LogP contribution in [-0.4, -0.2) is 23.1 Å². The summed E-state index contributed by atoms with van der Waals surface area (Å²) in [7, 11) is -3.89. The predicted molar refractivity (Wildman–Crippen MR) is 151 cm³/mol. The quantitative estimate of drug-likeness (QED) is 0.227. The highest BCUT2D eigenvalue weighted by Crippen LogP contribution is 2.30. The molecule has 7 nitrogen and oxygen atoms in total. The van der Waals surface area contributed by atoms with E-state index in [1.165, 1.54) is 5.56 Å². The summed E-state index contributed by atoms with van der Waals surface area (Å²) in [6.07, 6.45) is 3.14. The van der Waals surface area contributed by atoms with Crippen LogP contribution in [0.4, 0.5) is 5.88 Å². The Morgan fingerprint density at radius 1 is 0.974 bits per heavy atom. The number of nitrogens with zero attached hydrogens (tertiary/aromatic N) is 3. The largest absolute Gasteiger partial charge is 0.337 e. The van der Waals surface area contributed by atoms with Crippen LogP contribution in [0.25, 0.3) is 22.2 Å². The van der Waals surface area contributed by atoms with Gasteiger partial charge in [-0.05, 0) is 62.1 Å². The molecule has 0 unspecified atom stereocenters. The molecule has 38 heavy (non-hydrogen) atoms. The number of aryl methyl sites for hydroxylation is 3. The molecule has 0 fully saturated rings. The highest BCUT2D eigenvalue weighted by atomic mass is 32.2. The summed E-state index contributed by atoms with van der Waals surface area (Å²) in [5, 5.41) is 3.85. The topological polar surface area (TPSA) is 90.0 Å². The first-order valence-corrected chi connectivity index (χ1v) is 14.3. The Morgan fingerprint density at radius 2 is 1.74 bits per heavy atom. The van der Waals surface area contributed by atoms with Gasteiger partial charge in [-0.25, -0.2) is 18.1 Å². The van der Waals surface area contributed by atoms with E-state index < -0.39 is 10.0 Å². The number of nitrogens with one attached hydrogen (secondary N) is 1. The molecule has 8 heteroatoms. The van der Waals surface area contributed by atoms with Crippen molar-refractivity contribution >= 4 is 26.9 Å². The van der Waals surface area contributed by atoms with E-state index in [0.717, 1.165) is 47.2 Å². The van der Waals surface area contributed by atoms with Crippen molar-refractivity contribution in [3.05, 3.63) is 94.9 Å². The Balaban J connectivity index is 1.45. The average Bonchev–Trinajstić information content (AvgIpc) is 3.41. The number of hydrogen-bond donors (Lipinski definition) is 1. The Morgan fingerprint density at radius 3 is 2.45 bits per heavy atom. The maximum atomic E-state index is 13.3. The van der Waals surface area contributed by atoms with Gasteiger partial charge < -0.3 is 9.09 Å². The first kappa shape index (κ1) is 25.7. The van der Waals surface area contributed by atoms with Gasteiger partial charge in [-0.15, -0.1) is 0 Å². The summed E-state index contributed by atoms with van der Waals surface area (Å²) in [5.41, 5.74) is 7.23. The van der Waals surface area contributed by atoms with Gasteiger partial charge in [0, 0.05) is 24.1 Å². The molecule has 2 aromatic heterocycles. The van der Waals surface area contributed by atoms with Crippen molar-refractivity contribution in [2.24, 2.45) is 0 Å². The molecule has 0 atom stereocenters. The van der Waals surface area contributed by atoms with E-state index in [2.05, 4.69) is 58.6 Å². The molecule has 5 aromatic rings. The number of rotatable bonds is 9. The molecule has 0 spiro atoms. The molecular weight excluding hydrogens is 496 g/mol. The minimum atomic E-state index is -3.89. The lowest BCUT2D eigenvalue weighted by Crippen LogP contribution is -2.14. The third-order valence-electron chi connectivity index (χ3n) is 6.90. The average molecular weight is 529 g/mol. The molecule has 2 heterocycles. The summed E-state index contributed by atoms with van der Waals surface area (Å²) >= 11 is 0. The minimum Gasteiger partial charge on any atom is -0.337 e. The normalized spacial score (nSPS) is 11.8. The van der Waals surface area contributed by atoms with Gasteiger partial charge in [-0.3, -0.25) is 0 Å². The Hall–Kier alpha value is -3.91. The van der Waals surface area contributed by atoms with E-state index in [1.807, 2.05) is 24.3 Å². The Kier molecular flexibility index (Phi) is 7.08. The highest BCUT2D eigenvalue weighted by molar-refractivity contribution is 7.92. The van der Waals surface area contributed by atoms with Crippen molar-refractivity contribution in [2.45, 2.75) is 58.4 Å². The first-order valence-electron chi connectivity index (χ1n) is 12.9. The number of aromatic nitrogens is 3. The second-order valence-electron chi connectivity index (χ2n) is 9.73. The van der Waals surface area contributed by atoms with Crippen LogP contribution in [0.2, 0.25) is 0 Å². The summed E-state index contributed by atoms with van der Waals surface area (Å²) < 4.78 is 36.6. The fourth-order valence-electron chi connectivity index (χ4n) is 4.58. The molecule has 0 bridgehead atoms. The highest BCUT2D eigenvalue weighted by Gasteiger charge is 2.22. The summed E-state index contributed by atoms with van der Waals surface area (Å²) in [6, 6.07) is 21.4. The van der Waals surface area contributed by atoms with E-state index in [4.69, 9.17) is 9.51 Å². The van der Waals surface area contributed by atoms with E-state index in [9.17, 15) is 8.42 Å². The predicted octanol–water partition coefficient (Wildman–Crippen LogP) is 6.81. The second kappa shape index (κ2) is 10.5. The molecule has 0 aliphatic rings. The SMILES string of the molecule is CCCCc1nc2ccc(C)cc2n1Cc1ccc(-c2ccccc2S(=O)(=O)Nc2onc(C)c2C)cc1. The van der Waals surface area contributed by atoms with E-state index >= 15 is 0 Å². The fraction of sp³-hybridized carbons (Fsp3) is 0.267. The zero-order chi connectivity index (χ0) is 26.9. The van der Waals surface area contributed by atoms with Crippen LogP contribution in [0.3, 0.4) is 0 Å². The van der Waals surface area contributed by atoms with Crippen LogP contribution < -0.4 is 4.72 Å². The Bertz CT molecular complexity index is 1700.